The summed E-state index contributed by atoms with van der Waals surface area (Å²) in [4.78, 5) is 12.5. The lowest BCUT2D eigenvalue weighted by molar-refractivity contribution is 0.0532. The summed E-state index contributed by atoms with van der Waals surface area (Å²) < 4.78 is 11.8. The zero-order valence-corrected chi connectivity index (χ0v) is 14.7. The van der Waals surface area contributed by atoms with Crippen LogP contribution in [0.2, 0.25) is 0 Å². The molecule has 0 saturated carbocycles. The molecule has 0 atom stereocenters. The fraction of sp³-hybridized carbons (Fsp3) is 0.250. The van der Waals surface area contributed by atoms with E-state index in [1.54, 1.807) is 0 Å². The molecule has 0 bridgehead atoms. The van der Waals surface area contributed by atoms with Crippen molar-refractivity contribution in [1.29, 1.82) is 0 Å². The van der Waals surface area contributed by atoms with Gasteiger partial charge in [-0.2, -0.15) is 0 Å². The van der Waals surface area contributed by atoms with Crippen molar-refractivity contribution in [3.63, 3.8) is 0 Å². The van der Waals surface area contributed by atoms with Crippen molar-refractivity contribution in [2.45, 2.75) is 20.3 Å². The van der Waals surface area contributed by atoms with Gasteiger partial charge in [0.25, 0.3) is 0 Å². The molecular formula is C20H20O3S. The van der Waals surface area contributed by atoms with Gasteiger partial charge in [0.15, 0.2) is 0 Å². The second kappa shape index (κ2) is 7.49. The normalized spacial score (nSPS) is 10.8. The molecule has 2 aromatic carbocycles. The van der Waals surface area contributed by atoms with E-state index < -0.39 is 0 Å². The maximum Gasteiger partial charge on any atom is 0.348 e. The first-order valence-electron chi connectivity index (χ1n) is 8.15. The van der Waals surface area contributed by atoms with E-state index in [1.165, 1.54) is 11.3 Å². The molecule has 1 heterocycles. The highest BCUT2D eigenvalue weighted by Crippen LogP contribution is 2.31. The highest BCUT2D eigenvalue weighted by molar-refractivity contribution is 7.20. The number of carbonyl (C=O) groups excluding carboxylic acids is 1. The first-order chi connectivity index (χ1) is 11.7. The van der Waals surface area contributed by atoms with Crippen LogP contribution in [0.5, 0.6) is 5.75 Å². The third kappa shape index (κ3) is 3.60. The minimum Gasteiger partial charge on any atom is -0.494 e. The standard InChI is InChI=1S/C20H20O3S/c1-3-11-23-17-8-5-14(6-9-17)15-7-10-18-16(12-15)13-19(24-18)20(21)22-4-2/h5-10,12-13H,3-4,11H2,1-2H3. The molecule has 0 aliphatic carbocycles. The van der Waals surface area contributed by atoms with Gasteiger partial charge in [-0.3, -0.25) is 0 Å². The van der Waals surface area contributed by atoms with Crippen LogP contribution in [0.1, 0.15) is 29.9 Å². The minimum atomic E-state index is -0.252. The Balaban J connectivity index is 1.86. The molecular weight excluding hydrogens is 320 g/mol. The van der Waals surface area contributed by atoms with Crippen LogP contribution in [0.4, 0.5) is 0 Å². The quantitative estimate of drug-likeness (QED) is 0.553. The third-order valence-electron chi connectivity index (χ3n) is 3.65. The Hall–Kier alpha value is -2.33. The zero-order valence-electron chi connectivity index (χ0n) is 13.9. The molecule has 0 N–H and O–H groups in total. The summed E-state index contributed by atoms with van der Waals surface area (Å²) in [5.41, 5.74) is 2.25. The van der Waals surface area contributed by atoms with Crippen LogP contribution in [0, 0.1) is 0 Å². The van der Waals surface area contributed by atoms with Gasteiger partial charge in [0.1, 0.15) is 10.6 Å². The fourth-order valence-corrected chi connectivity index (χ4v) is 3.43. The van der Waals surface area contributed by atoms with Crippen molar-refractivity contribution >= 4 is 27.4 Å². The molecule has 0 spiro atoms. The Morgan fingerprint density at radius 3 is 2.46 bits per heavy atom. The average Bonchev–Trinajstić information content (AvgIpc) is 3.04. The summed E-state index contributed by atoms with van der Waals surface area (Å²) in [5.74, 6) is 0.638. The molecule has 0 amide bonds. The lowest BCUT2D eigenvalue weighted by Crippen LogP contribution is -2.01. The Morgan fingerprint density at radius 2 is 1.75 bits per heavy atom. The van der Waals surface area contributed by atoms with E-state index in [9.17, 15) is 4.79 Å². The van der Waals surface area contributed by atoms with E-state index in [4.69, 9.17) is 9.47 Å². The van der Waals surface area contributed by atoms with Gasteiger partial charge in [-0.05, 0) is 60.2 Å². The Labute approximate surface area is 145 Å². The SMILES string of the molecule is CCCOc1ccc(-c2ccc3sc(C(=O)OCC)cc3c2)cc1. The number of hydrogen-bond acceptors (Lipinski definition) is 4. The van der Waals surface area contributed by atoms with Gasteiger partial charge in [0.05, 0.1) is 13.2 Å². The van der Waals surface area contributed by atoms with Crippen LogP contribution < -0.4 is 4.74 Å². The van der Waals surface area contributed by atoms with E-state index in [1.807, 2.05) is 25.1 Å². The van der Waals surface area contributed by atoms with Gasteiger partial charge in [-0.15, -0.1) is 11.3 Å². The van der Waals surface area contributed by atoms with E-state index in [2.05, 4.69) is 37.3 Å². The van der Waals surface area contributed by atoms with Gasteiger partial charge in [-0.1, -0.05) is 25.1 Å². The maximum atomic E-state index is 11.9. The number of rotatable bonds is 6. The Morgan fingerprint density at radius 1 is 1.00 bits per heavy atom. The molecule has 0 radical (unpaired) electrons. The van der Waals surface area contributed by atoms with E-state index >= 15 is 0 Å². The maximum absolute atomic E-state index is 11.9. The molecule has 124 valence electrons. The van der Waals surface area contributed by atoms with Gasteiger partial charge in [0, 0.05) is 4.70 Å². The summed E-state index contributed by atoms with van der Waals surface area (Å²) in [6.45, 7) is 5.04. The largest absolute Gasteiger partial charge is 0.494 e. The van der Waals surface area contributed by atoms with Crippen molar-refractivity contribution in [3.05, 3.63) is 53.4 Å². The Kier molecular flexibility index (Phi) is 5.16. The molecule has 3 aromatic rings. The highest BCUT2D eigenvalue weighted by Gasteiger charge is 2.11. The van der Waals surface area contributed by atoms with Crippen LogP contribution in [0.25, 0.3) is 21.2 Å². The molecule has 24 heavy (non-hydrogen) atoms. The number of thiophene rings is 1. The van der Waals surface area contributed by atoms with E-state index in [0.29, 0.717) is 11.5 Å². The number of hydrogen-bond donors (Lipinski definition) is 0. The highest BCUT2D eigenvalue weighted by atomic mass is 32.1. The number of esters is 1. The van der Waals surface area contributed by atoms with Crippen LogP contribution in [-0.2, 0) is 4.74 Å². The number of fused-ring (bicyclic) bond motifs is 1. The molecule has 0 saturated heterocycles. The van der Waals surface area contributed by atoms with Crippen LogP contribution in [0.3, 0.4) is 0 Å². The summed E-state index contributed by atoms with van der Waals surface area (Å²) >= 11 is 1.47. The Bertz CT molecular complexity index is 834. The van der Waals surface area contributed by atoms with Crippen molar-refractivity contribution in [3.8, 4) is 16.9 Å². The fourth-order valence-electron chi connectivity index (χ4n) is 2.49. The van der Waals surface area contributed by atoms with E-state index in [-0.39, 0.29) is 5.97 Å². The van der Waals surface area contributed by atoms with Gasteiger partial charge >= 0.3 is 5.97 Å². The van der Waals surface area contributed by atoms with Gasteiger partial charge in [0.2, 0.25) is 0 Å². The molecule has 3 rings (SSSR count). The number of benzene rings is 2. The van der Waals surface area contributed by atoms with Gasteiger partial charge in [-0.25, -0.2) is 4.79 Å². The number of carbonyl (C=O) groups is 1. The second-order valence-electron chi connectivity index (χ2n) is 5.46. The monoisotopic (exact) mass is 340 g/mol. The smallest absolute Gasteiger partial charge is 0.348 e. The second-order valence-corrected chi connectivity index (χ2v) is 6.54. The van der Waals surface area contributed by atoms with E-state index in [0.717, 1.165) is 40.0 Å². The average molecular weight is 340 g/mol. The molecule has 4 heteroatoms. The van der Waals surface area contributed by atoms with Crippen LogP contribution >= 0.6 is 11.3 Å². The van der Waals surface area contributed by atoms with Crippen LogP contribution in [-0.4, -0.2) is 19.2 Å². The summed E-state index contributed by atoms with van der Waals surface area (Å²) in [7, 11) is 0. The molecule has 0 aliphatic heterocycles. The van der Waals surface area contributed by atoms with Crippen molar-refractivity contribution in [1.82, 2.24) is 0 Å². The van der Waals surface area contributed by atoms with Crippen molar-refractivity contribution in [2.24, 2.45) is 0 Å². The summed E-state index contributed by atoms with van der Waals surface area (Å²) in [5, 5.41) is 1.06. The van der Waals surface area contributed by atoms with Crippen molar-refractivity contribution in [2.75, 3.05) is 13.2 Å². The molecule has 0 unspecified atom stereocenters. The lowest BCUT2D eigenvalue weighted by Gasteiger charge is -2.06. The topological polar surface area (TPSA) is 35.5 Å². The first-order valence-corrected chi connectivity index (χ1v) is 8.97. The van der Waals surface area contributed by atoms with Crippen LogP contribution in [0.15, 0.2) is 48.5 Å². The predicted molar refractivity (Wildman–Crippen MR) is 99.0 cm³/mol. The molecule has 1 aromatic heterocycles. The van der Waals surface area contributed by atoms with Gasteiger partial charge < -0.3 is 9.47 Å². The lowest BCUT2D eigenvalue weighted by atomic mass is 10.0. The molecule has 0 aliphatic rings. The predicted octanol–water partition coefficient (Wildman–Crippen LogP) is 5.53. The summed E-state index contributed by atoms with van der Waals surface area (Å²) in [6.07, 6.45) is 0.999. The molecule has 3 nitrogen and oxygen atoms in total. The minimum absolute atomic E-state index is 0.252. The molecule has 0 fully saturated rings. The number of ether oxygens (including phenoxy) is 2. The zero-order chi connectivity index (χ0) is 16.9. The third-order valence-corrected chi connectivity index (χ3v) is 4.75. The first kappa shape index (κ1) is 16.5. The van der Waals surface area contributed by atoms with Crippen molar-refractivity contribution < 1.29 is 14.3 Å². The summed E-state index contributed by atoms with van der Waals surface area (Å²) in [6, 6.07) is 16.3.